The van der Waals surface area contributed by atoms with E-state index in [1.165, 1.54) is 0 Å². The van der Waals surface area contributed by atoms with Gasteiger partial charge in [-0.25, -0.2) is 4.98 Å². The quantitative estimate of drug-likeness (QED) is 0.768. The summed E-state index contributed by atoms with van der Waals surface area (Å²) in [5.74, 6) is 0.868. The van der Waals surface area contributed by atoms with E-state index in [1.54, 1.807) is 0 Å². The van der Waals surface area contributed by atoms with Gasteiger partial charge in [0.05, 0.1) is 11.0 Å². The lowest BCUT2D eigenvalue weighted by Crippen LogP contribution is -2.47. The highest BCUT2D eigenvalue weighted by atomic mass is 35.5. The van der Waals surface area contributed by atoms with Gasteiger partial charge in [-0.05, 0) is 37.4 Å². The lowest BCUT2D eigenvalue weighted by Gasteiger charge is -2.32. The van der Waals surface area contributed by atoms with E-state index in [0.29, 0.717) is 10.6 Å². The summed E-state index contributed by atoms with van der Waals surface area (Å²) < 4.78 is 0. The van der Waals surface area contributed by atoms with Gasteiger partial charge in [0.1, 0.15) is 5.82 Å². The van der Waals surface area contributed by atoms with Crippen molar-refractivity contribution in [2.45, 2.75) is 0 Å². The first-order valence-electron chi connectivity index (χ1n) is 8.34. The summed E-state index contributed by atoms with van der Waals surface area (Å²) >= 11 is 6.02. The third kappa shape index (κ3) is 3.25. The molecule has 3 aromatic rings. The molecule has 0 saturated carbocycles. The Bertz CT molecular complexity index is 911. The maximum Gasteiger partial charge on any atom is 0.253 e. The molecule has 5 nitrogen and oxygen atoms in total. The Morgan fingerprint density at radius 3 is 2.52 bits per heavy atom. The number of H-pyrrole nitrogens is 1. The Morgan fingerprint density at radius 2 is 1.80 bits per heavy atom. The number of nitrogens with zero attached hydrogens (tertiary/aromatic N) is 3. The molecule has 0 radical (unpaired) electrons. The predicted molar refractivity (Wildman–Crippen MR) is 99.9 cm³/mol. The van der Waals surface area contributed by atoms with Crippen LogP contribution in [-0.2, 0) is 0 Å². The van der Waals surface area contributed by atoms with Crippen LogP contribution in [0.25, 0.3) is 22.4 Å². The van der Waals surface area contributed by atoms with Crippen LogP contribution in [0.4, 0.5) is 0 Å². The second-order valence-corrected chi connectivity index (χ2v) is 6.86. The van der Waals surface area contributed by atoms with Crippen LogP contribution in [0, 0.1) is 0 Å². The number of piperazine rings is 1. The monoisotopic (exact) mass is 354 g/mol. The molecule has 25 heavy (non-hydrogen) atoms. The van der Waals surface area contributed by atoms with Crippen LogP contribution in [0.5, 0.6) is 0 Å². The lowest BCUT2D eigenvalue weighted by atomic mass is 10.1. The standard InChI is InChI=1S/C19H19ClN4O/c1-23-8-10-24(11-9-23)19(25)14-4-2-13(3-5-14)18-21-16-7-6-15(20)12-17(16)22-18/h2-7,12H,8-11H2,1H3,(H,21,22). The van der Waals surface area contributed by atoms with Gasteiger partial charge in [-0.3, -0.25) is 4.79 Å². The fourth-order valence-electron chi connectivity index (χ4n) is 3.08. The largest absolute Gasteiger partial charge is 0.338 e. The third-order valence-corrected chi connectivity index (χ3v) is 4.87. The van der Waals surface area contributed by atoms with E-state index in [4.69, 9.17) is 11.6 Å². The van der Waals surface area contributed by atoms with Gasteiger partial charge >= 0.3 is 0 Å². The molecule has 0 bridgehead atoms. The molecule has 2 aromatic carbocycles. The first-order chi connectivity index (χ1) is 12.1. The van der Waals surface area contributed by atoms with E-state index in [1.807, 2.05) is 47.4 Å². The number of aromatic amines is 1. The molecule has 1 aromatic heterocycles. The summed E-state index contributed by atoms with van der Waals surface area (Å²) in [4.78, 5) is 24.6. The van der Waals surface area contributed by atoms with Gasteiger partial charge in [-0.2, -0.15) is 0 Å². The minimum atomic E-state index is 0.0936. The average molecular weight is 355 g/mol. The van der Waals surface area contributed by atoms with E-state index in [-0.39, 0.29) is 5.91 Å². The zero-order chi connectivity index (χ0) is 17.4. The third-order valence-electron chi connectivity index (χ3n) is 4.64. The second kappa shape index (κ2) is 6.50. The van der Waals surface area contributed by atoms with E-state index >= 15 is 0 Å². The van der Waals surface area contributed by atoms with Gasteiger partial charge in [-0.1, -0.05) is 23.7 Å². The molecule has 0 spiro atoms. The maximum absolute atomic E-state index is 12.6. The number of nitrogens with one attached hydrogen (secondary N) is 1. The molecule has 0 atom stereocenters. The summed E-state index contributed by atoms with van der Waals surface area (Å²) in [6.07, 6.45) is 0. The van der Waals surface area contributed by atoms with Crippen molar-refractivity contribution in [1.82, 2.24) is 19.8 Å². The van der Waals surface area contributed by atoms with Gasteiger partial charge in [-0.15, -0.1) is 0 Å². The van der Waals surface area contributed by atoms with Crippen molar-refractivity contribution in [2.24, 2.45) is 0 Å². The van der Waals surface area contributed by atoms with Crippen LogP contribution >= 0.6 is 11.6 Å². The van der Waals surface area contributed by atoms with Crippen molar-refractivity contribution in [3.05, 3.63) is 53.1 Å². The van der Waals surface area contributed by atoms with Gasteiger partial charge in [0.2, 0.25) is 0 Å². The second-order valence-electron chi connectivity index (χ2n) is 6.42. The molecule has 128 valence electrons. The molecule has 1 fully saturated rings. The molecule has 1 N–H and O–H groups in total. The topological polar surface area (TPSA) is 52.2 Å². The molecular weight excluding hydrogens is 336 g/mol. The Balaban J connectivity index is 1.55. The number of carbonyl (C=O) groups excluding carboxylic acids is 1. The smallest absolute Gasteiger partial charge is 0.253 e. The summed E-state index contributed by atoms with van der Waals surface area (Å²) in [6.45, 7) is 3.40. The molecule has 1 aliphatic rings. The van der Waals surface area contributed by atoms with Crippen LogP contribution < -0.4 is 0 Å². The summed E-state index contributed by atoms with van der Waals surface area (Å²) in [5.41, 5.74) is 3.44. The number of rotatable bonds is 2. The van der Waals surface area contributed by atoms with Crippen LogP contribution in [0.15, 0.2) is 42.5 Å². The number of aromatic nitrogens is 2. The number of imidazole rings is 1. The molecular formula is C19H19ClN4O. The lowest BCUT2D eigenvalue weighted by molar-refractivity contribution is 0.0664. The van der Waals surface area contributed by atoms with E-state index < -0.39 is 0 Å². The Kier molecular flexibility index (Phi) is 4.19. The van der Waals surface area contributed by atoms with Crippen LogP contribution in [0.1, 0.15) is 10.4 Å². The van der Waals surface area contributed by atoms with Crippen molar-refractivity contribution in [1.29, 1.82) is 0 Å². The summed E-state index contributed by atoms with van der Waals surface area (Å²) in [6, 6.07) is 13.2. The number of benzene rings is 2. The molecule has 2 heterocycles. The van der Waals surface area contributed by atoms with Gasteiger partial charge in [0.25, 0.3) is 5.91 Å². The number of hydrogen-bond acceptors (Lipinski definition) is 3. The number of amides is 1. The molecule has 1 saturated heterocycles. The van der Waals surface area contributed by atoms with Crippen molar-refractivity contribution < 1.29 is 4.79 Å². The first-order valence-corrected chi connectivity index (χ1v) is 8.71. The van der Waals surface area contributed by atoms with Crippen molar-refractivity contribution in [2.75, 3.05) is 33.2 Å². The Labute approximate surface area is 151 Å². The SMILES string of the molecule is CN1CCN(C(=O)c2ccc(-c3nc4ccc(Cl)cc4[nH]3)cc2)CC1. The number of carbonyl (C=O) groups is 1. The average Bonchev–Trinajstić information content (AvgIpc) is 3.05. The van der Waals surface area contributed by atoms with Crippen molar-refractivity contribution >= 4 is 28.5 Å². The number of fused-ring (bicyclic) bond motifs is 1. The minimum Gasteiger partial charge on any atom is -0.338 e. The zero-order valence-corrected chi connectivity index (χ0v) is 14.8. The fourth-order valence-corrected chi connectivity index (χ4v) is 3.25. The van der Waals surface area contributed by atoms with Crippen LogP contribution in [0.2, 0.25) is 5.02 Å². The molecule has 6 heteroatoms. The van der Waals surface area contributed by atoms with E-state index in [2.05, 4.69) is 21.9 Å². The molecule has 4 rings (SSSR count). The minimum absolute atomic E-state index is 0.0936. The highest BCUT2D eigenvalue weighted by Crippen LogP contribution is 2.23. The van der Waals surface area contributed by atoms with Gasteiger partial charge < -0.3 is 14.8 Å². The highest BCUT2D eigenvalue weighted by molar-refractivity contribution is 6.31. The van der Waals surface area contributed by atoms with Crippen LogP contribution in [0.3, 0.4) is 0 Å². The van der Waals surface area contributed by atoms with Gasteiger partial charge in [0, 0.05) is 42.3 Å². The summed E-state index contributed by atoms with van der Waals surface area (Å²) in [5, 5.41) is 0.677. The van der Waals surface area contributed by atoms with Crippen molar-refractivity contribution in [3.63, 3.8) is 0 Å². The Morgan fingerprint density at radius 1 is 1.08 bits per heavy atom. The van der Waals surface area contributed by atoms with Gasteiger partial charge in [0.15, 0.2) is 0 Å². The van der Waals surface area contributed by atoms with E-state index in [0.717, 1.165) is 48.6 Å². The first kappa shape index (κ1) is 16.1. The molecule has 1 amide bonds. The number of halogens is 1. The fraction of sp³-hybridized carbons (Fsp3) is 0.263. The number of hydrogen-bond donors (Lipinski definition) is 1. The molecule has 0 aliphatic carbocycles. The summed E-state index contributed by atoms with van der Waals surface area (Å²) in [7, 11) is 2.08. The normalized spacial score (nSPS) is 15.7. The number of likely N-dealkylation sites (N-methyl/N-ethyl adjacent to an activating group) is 1. The molecule has 1 aliphatic heterocycles. The predicted octanol–water partition coefficient (Wildman–Crippen LogP) is 3.27. The van der Waals surface area contributed by atoms with Crippen LogP contribution in [-0.4, -0.2) is 58.9 Å². The molecule has 0 unspecified atom stereocenters. The Hall–Kier alpha value is -2.37. The zero-order valence-electron chi connectivity index (χ0n) is 14.0. The maximum atomic E-state index is 12.6. The highest BCUT2D eigenvalue weighted by Gasteiger charge is 2.20. The van der Waals surface area contributed by atoms with Crippen molar-refractivity contribution in [3.8, 4) is 11.4 Å². The van der Waals surface area contributed by atoms with E-state index in [9.17, 15) is 4.79 Å².